The summed E-state index contributed by atoms with van der Waals surface area (Å²) in [4.78, 5) is 0. The quantitative estimate of drug-likeness (QED) is 0.521. The number of aryl methyl sites for hydroxylation is 1. The van der Waals surface area contributed by atoms with Crippen LogP contribution < -0.4 is 10.5 Å². The van der Waals surface area contributed by atoms with Crippen molar-refractivity contribution < 1.29 is 4.74 Å². The van der Waals surface area contributed by atoms with Gasteiger partial charge in [-0.25, -0.2) is 0 Å². The standard InChI is InChI=1S/C17H19N3OS/c1-13-10-16(21-2)9-8-15(13)11-19-20-17(18)22-12-14-6-4-3-5-7-14/h3-11H,12H2,1-2H3,(H2,18,20). The van der Waals surface area contributed by atoms with Gasteiger partial charge in [-0.1, -0.05) is 42.1 Å². The first-order valence-corrected chi connectivity index (χ1v) is 7.85. The number of benzene rings is 2. The average molecular weight is 313 g/mol. The van der Waals surface area contributed by atoms with E-state index in [1.54, 1.807) is 13.3 Å². The molecule has 2 N–H and O–H groups in total. The molecular weight excluding hydrogens is 294 g/mol. The van der Waals surface area contributed by atoms with Crippen molar-refractivity contribution in [3.63, 3.8) is 0 Å². The average Bonchev–Trinajstić information content (AvgIpc) is 2.55. The lowest BCUT2D eigenvalue weighted by Gasteiger charge is -2.03. The summed E-state index contributed by atoms with van der Waals surface area (Å²) in [5.74, 6) is 1.61. The van der Waals surface area contributed by atoms with Crippen molar-refractivity contribution in [3.05, 3.63) is 65.2 Å². The molecule has 0 saturated heterocycles. The number of amidine groups is 1. The Labute approximate surface area is 135 Å². The van der Waals surface area contributed by atoms with E-state index >= 15 is 0 Å². The van der Waals surface area contributed by atoms with Crippen LogP contribution in [0, 0.1) is 6.92 Å². The van der Waals surface area contributed by atoms with Gasteiger partial charge >= 0.3 is 0 Å². The van der Waals surface area contributed by atoms with Crippen LogP contribution in [0.3, 0.4) is 0 Å². The minimum absolute atomic E-state index is 0.450. The van der Waals surface area contributed by atoms with Crippen molar-refractivity contribution in [2.45, 2.75) is 12.7 Å². The molecule has 4 nitrogen and oxygen atoms in total. The molecule has 0 bridgehead atoms. The Bertz CT molecular complexity index is 669. The number of nitrogens with zero attached hydrogens (tertiary/aromatic N) is 2. The van der Waals surface area contributed by atoms with Gasteiger partial charge in [-0.15, -0.1) is 5.10 Å². The lowest BCUT2D eigenvalue weighted by molar-refractivity contribution is 0.414. The molecule has 0 saturated carbocycles. The first-order valence-electron chi connectivity index (χ1n) is 6.87. The number of hydrogen-bond acceptors (Lipinski definition) is 4. The zero-order valence-electron chi connectivity index (χ0n) is 12.7. The van der Waals surface area contributed by atoms with E-state index in [0.717, 1.165) is 22.6 Å². The van der Waals surface area contributed by atoms with Crippen LogP contribution in [0.1, 0.15) is 16.7 Å². The summed E-state index contributed by atoms with van der Waals surface area (Å²) < 4.78 is 5.17. The molecule has 2 aromatic carbocycles. The highest BCUT2D eigenvalue weighted by molar-refractivity contribution is 8.13. The van der Waals surface area contributed by atoms with E-state index in [1.165, 1.54) is 17.3 Å². The first kappa shape index (κ1) is 16.1. The van der Waals surface area contributed by atoms with Crippen molar-refractivity contribution in [2.24, 2.45) is 15.9 Å². The molecule has 0 atom stereocenters. The third kappa shape index (κ3) is 4.93. The monoisotopic (exact) mass is 313 g/mol. The Hall–Kier alpha value is -2.27. The highest BCUT2D eigenvalue weighted by Gasteiger charge is 1.98. The van der Waals surface area contributed by atoms with Gasteiger partial charge in [0.1, 0.15) is 5.75 Å². The van der Waals surface area contributed by atoms with Crippen LogP contribution in [0.2, 0.25) is 0 Å². The minimum Gasteiger partial charge on any atom is -0.497 e. The van der Waals surface area contributed by atoms with Crippen molar-refractivity contribution >= 4 is 23.1 Å². The topological polar surface area (TPSA) is 60.0 Å². The number of hydrogen-bond donors (Lipinski definition) is 1. The summed E-state index contributed by atoms with van der Waals surface area (Å²) in [6, 6.07) is 15.9. The van der Waals surface area contributed by atoms with Crippen molar-refractivity contribution in [2.75, 3.05) is 7.11 Å². The van der Waals surface area contributed by atoms with E-state index in [9.17, 15) is 0 Å². The molecule has 2 rings (SSSR count). The molecule has 0 radical (unpaired) electrons. The van der Waals surface area contributed by atoms with E-state index in [0.29, 0.717) is 5.17 Å². The maximum atomic E-state index is 5.85. The third-order valence-electron chi connectivity index (χ3n) is 3.06. The van der Waals surface area contributed by atoms with Crippen LogP contribution in [-0.4, -0.2) is 18.5 Å². The molecule has 0 heterocycles. The molecule has 0 aromatic heterocycles. The predicted molar refractivity (Wildman–Crippen MR) is 94.7 cm³/mol. The molecule has 0 aliphatic heterocycles. The maximum Gasteiger partial charge on any atom is 0.180 e. The normalized spacial score (nSPS) is 11.8. The zero-order valence-corrected chi connectivity index (χ0v) is 13.5. The molecule has 114 valence electrons. The molecule has 0 unspecified atom stereocenters. The van der Waals surface area contributed by atoms with E-state index in [-0.39, 0.29) is 0 Å². The Kier molecular flexibility index (Phi) is 6.03. The van der Waals surface area contributed by atoms with Crippen molar-refractivity contribution in [1.82, 2.24) is 0 Å². The number of thioether (sulfide) groups is 1. The lowest BCUT2D eigenvalue weighted by atomic mass is 10.1. The van der Waals surface area contributed by atoms with E-state index < -0.39 is 0 Å². The van der Waals surface area contributed by atoms with Crippen LogP contribution in [0.25, 0.3) is 0 Å². The van der Waals surface area contributed by atoms with Gasteiger partial charge in [0.25, 0.3) is 0 Å². The second-order valence-electron chi connectivity index (χ2n) is 4.68. The fourth-order valence-electron chi connectivity index (χ4n) is 1.83. The summed E-state index contributed by atoms with van der Waals surface area (Å²) in [6.07, 6.45) is 1.70. The van der Waals surface area contributed by atoms with Crippen LogP contribution >= 0.6 is 11.8 Å². The largest absolute Gasteiger partial charge is 0.497 e. The van der Waals surface area contributed by atoms with Crippen LogP contribution in [-0.2, 0) is 5.75 Å². The molecule has 0 amide bonds. The van der Waals surface area contributed by atoms with Gasteiger partial charge in [-0.2, -0.15) is 5.10 Å². The Morgan fingerprint density at radius 3 is 2.68 bits per heavy atom. The van der Waals surface area contributed by atoms with Crippen molar-refractivity contribution in [1.29, 1.82) is 0 Å². The summed E-state index contributed by atoms with van der Waals surface area (Å²) in [7, 11) is 1.65. The van der Waals surface area contributed by atoms with Gasteiger partial charge in [0.2, 0.25) is 0 Å². The fraction of sp³-hybridized carbons (Fsp3) is 0.176. The highest BCUT2D eigenvalue weighted by Crippen LogP contribution is 2.15. The molecule has 0 fully saturated rings. The fourth-order valence-corrected chi connectivity index (χ4v) is 2.44. The summed E-state index contributed by atoms with van der Waals surface area (Å²) in [5, 5.41) is 8.51. The predicted octanol–water partition coefficient (Wildman–Crippen LogP) is 3.59. The van der Waals surface area contributed by atoms with Gasteiger partial charge in [-0.3, -0.25) is 0 Å². The summed E-state index contributed by atoms with van der Waals surface area (Å²) >= 11 is 1.47. The highest BCUT2D eigenvalue weighted by atomic mass is 32.2. The molecule has 0 aliphatic carbocycles. The van der Waals surface area contributed by atoms with E-state index in [4.69, 9.17) is 10.5 Å². The van der Waals surface area contributed by atoms with Crippen LogP contribution in [0.15, 0.2) is 58.7 Å². The molecular formula is C17H19N3OS. The molecule has 5 heteroatoms. The van der Waals surface area contributed by atoms with Crippen LogP contribution in [0.5, 0.6) is 5.75 Å². The summed E-state index contributed by atoms with van der Waals surface area (Å²) in [5.41, 5.74) is 9.13. The SMILES string of the molecule is COc1ccc(C=NN=C(N)SCc2ccccc2)c(C)c1. The minimum atomic E-state index is 0.450. The Morgan fingerprint density at radius 2 is 2.00 bits per heavy atom. The maximum absolute atomic E-state index is 5.85. The number of methoxy groups -OCH3 is 1. The number of nitrogens with two attached hydrogens (primary N) is 1. The second kappa shape index (κ2) is 8.24. The van der Waals surface area contributed by atoms with Gasteiger partial charge in [-0.05, 0) is 41.8 Å². The van der Waals surface area contributed by atoms with Crippen LogP contribution in [0.4, 0.5) is 0 Å². The van der Waals surface area contributed by atoms with Gasteiger partial charge in [0.15, 0.2) is 5.17 Å². The third-order valence-corrected chi connectivity index (χ3v) is 3.91. The van der Waals surface area contributed by atoms with Gasteiger partial charge in [0.05, 0.1) is 13.3 Å². The van der Waals surface area contributed by atoms with Gasteiger partial charge < -0.3 is 10.5 Å². The number of rotatable bonds is 5. The summed E-state index contributed by atoms with van der Waals surface area (Å²) in [6.45, 7) is 2.00. The Balaban J connectivity index is 1.92. The van der Waals surface area contributed by atoms with Gasteiger partial charge in [0, 0.05) is 5.75 Å². The van der Waals surface area contributed by atoms with Crippen molar-refractivity contribution in [3.8, 4) is 5.75 Å². The van der Waals surface area contributed by atoms with E-state index in [1.807, 2.05) is 43.3 Å². The molecule has 0 spiro atoms. The molecule has 22 heavy (non-hydrogen) atoms. The lowest BCUT2D eigenvalue weighted by Crippen LogP contribution is -2.06. The zero-order chi connectivity index (χ0) is 15.8. The second-order valence-corrected chi connectivity index (χ2v) is 5.68. The smallest absolute Gasteiger partial charge is 0.180 e. The van der Waals surface area contributed by atoms with E-state index in [2.05, 4.69) is 22.3 Å². The first-order chi connectivity index (χ1) is 10.7. The molecule has 0 aliphatic rings. The number of ether oxygens (including phenoxy) is 1. The molecule has 2 aromatic rings. The Morgan fingerprint density at radius 1 is 1.23 bits per heavy atom.